The van der Waals surface area contributed by atoms with E-state index in [-0.39, 0.29) is 38.3 Å². The number of carbonyl (C=O) groups is 1. The van der Waals surface area contributed by atoms with Gasteiger partial charge in [-0.15, -0.1) is 0 Å². The summed E-state index contributed by atoms with van der Waals surface area (Å²) < 4.78 is 40.2. The number of halogens is 3. The van der Waals surface area contributed by atoms with Crippen molar-refractivity contribution in [2.75, 3.05) is 18.0 Å². The first-order chi connectivity index (χ1) is 11.8. The standard InChI is InChI=1S/C14H17F3N6O2/c1-22-7-19-10-11(22)20-9(6-18-13(24)25)21-12(10)23-4-2-8(3-5-23)14(15,16)17/h7-8,18H,2-6H2,1H3,(H,24,25). The maximum atomic E-state index is 12.8. The van der Waals surface area contributed by atoms with Crippen LogP contribution < -0.4 is 10.2 Å². The molecule has 11 heteroatoms. The van der Waals surface area contributed by atoms with E-state index >= 15 is 0 Å². The van der Waals surface area contributed by atoms with E-state index in [2.05, 4.69) is 20.3 Å². The third-order valence-electron chi connectivity index (χ3n) is 4.24. The number of anilines is 1. The molecule has 0 atom stereocenters. The molecular weight excluding hydrogens is 341 g/mol. The Hall–Kier alpha value is -2.59. The van der Waals surface area contributed by atoms with Gasteiger partial charge in [-0.2, -0.15) is 13.2 Å². The quantitative estimate of drug-likeness (QED) is 0.870. The zero-order valence-electron chi connectivity index (χ0n) is 13.4. The number of nitrogens with zero attached hydrogens (tertiary/aromatic N) is 5. The Labute approximate surface area is 140 Å². The van der Waals surface area contributed by atoms with Gasteiger partial charge in [0.1, 0.15) is 0 Å². The lowest BCUT2D eigenvalue weighted by atomic mass is 9.96. The third kappa shape index (κ3) is 3.59. The van der Waals surface area contributed by atoms with Gasteiger partial charge in [0.05, 0.1) is 18.8 Å². The SMILES string of the molecule is Cn1cnc2c(N3CCC(C(F)(F)F)CC3)nc(CNC(=O)O)nc21. The highest BCUT2D eigenvalue weighted by Crippen LogP contribution is 2.36. The molecule has 0 saturated carbocycles. The summed E-state index contributed by atoms with van der Waals surface area (Å²) in [5, 5.41) is 10.9. The number of fused-ring (bicyclic) bond motifs is 1. The summed E-state index contributed by atoms with van der Waals surface area (Å²) in [7, 11) is 1.73. The van der Waals surface area contributed by atoms with Crippen LogP contribution in [0.3, 0.4) is 0 Å². The minimum absolute atomic E-state index is 0.00939. The molecule has 1 aliphatic heterocycles. The highest BCUT2D eigenvalue weighted by molar-refractivity contribution is 5.83. The number of piperidine rings is 1. The molecular formula is C14H17F3N6O2. The van der Waals surface area contributed by atoms with Gasteiger partial charge < -0.3 is 19.9 Å². The lowest BCUT2D eigenvalue weighted by Crippen LogP contribution is -2.39. The molecule has 0 unspecified atom stereocenters. The fourth-order valence-corrected chi connectivity index (χ4v) is 2.91. The van der Waals surface area contributed by atoms with Crippen molar-refractivity contribution in [2.24, 2.45) is 13.0 Å². The lowest BCUT2D eigenvalue weighted by molar-refractivity contribution is -0.179. The van der Waals surface area contributed by atoms with Gasteiger partial charge in [-0.3, -0.25) is 0 Å². The molecule has 3 rings (SSSR count). The monoisotopic (exact) mass is 358 g/mol. The van der Waals surface area contributed by atoms with Gasteiger partial charge in [-0.1, -0.05) is 0 Å². The maximum absolute atomic E-state index is 12.8. The molecule has 0 aliphatic carbocycles. The normalized spacial score (nSPS) is 16.4. The van der Waals surface area contributed by atoms with Crippen LogP contribution in [-0.2, 0) is 13.6 Å². The molecule has 2 N–H and O–H groups in total. The molecule has 1 fully saturated rings. The van der Waals surface area contributed by atoms with E-state index in [9.17, 15) is 18.0 Å². The minimum atomic E-state index is -4.19. The highest BCUT2D eigenvalue weighted by Gasteiger charge is 2.41. The van der Waals surface area contributed by atoms with Crippen molar-refractivity contribution < 1.29 is 23.1 Å². The molecule has 2 aromatic rings. The summed E-state index contributed by atoms with van der Waals surface area (Å²) in [4.78, 5) is 25.3. The van der Waals surface area contributed by atoms with Gasteiger partial charge in [0, 0.05) is 20.1 Å². The zero-order chi connectivity index (χ0) is 18.2. The van der Waals surface area contributed by atoms with Gasteiger partial charge in [0.15, 0.2) is 22.8 Å². The molecule has 136 valence electrons. The summed E-state index contributed by atoms with van der Waals surface area (Å²) in [6.07, 6.45) is -3.87. The molecule has 2 aromatic heterocycles. The number of amides is 1. The largest absolute Gasteiger partial charge is 0.465 e. The summed E-state index contributed by atoms with van der Waals surface area (Å²) in [5.41, 5.74) is 0.997. The van der Waals surface area contributed by atoms with Gasteiger partial charge in [0.25, 0.3) is 0 Å². The van der Waals surface area contributed by atoms with Crippen molar-refractivity contribution >= 4 is 23.1 Å². The van der Waals surface area contributed by atoms with Crippen LogP contribution in [0.25, 0.3) is 11.2 Å². The average Bonchev–Trinajstić information content (AvgIpc) is 2.93. The van der Waals surface area contributed by atoms with E-state index < -0.39 is 18.2 Å². The summed E-state index contributed by atoms with van der Waals surface area (Å²) in [5.74, 6) is -0.627. The van der Waals surface area contributed by atoms with E-state index in [4.69, 9.17) is 5.11 Å². The maximum Gasteiger partial charge on any atom is 0.405 e. The van der Waals surface area contributed by atoms with Crippen LogP contribution in [-0.4, -0.2) is 50.0 Å². The number of nitrogens with one attached hydrogen (secondary N) is 1. The Kier molecular flexibility index (Phi) is 4.39. The molecule has 3 heterocycles. The molecule has 0 radical (unpaired) electrons. The molecule has 1 amide bonds. The van der Waals surface area contributed by atoms with Crippen LogP contribution in [0.15, 0.2) is 6.33 Å². The van der Waals surface area contributed by atoms with Crippen LogP contribution in [0.2, 0.25) is 0 Å². The first-order valence-electron chi connectivity index (χ1n) is 7.72. The number of aromatic nitrogens is 4. The Morgan fingerprint density at radius 2 is 2.04 bits per heavy atom. The Bertz CT molecular complexity index is 783. The van der Waals surface area contributed by atoms with Crippen LogP contribution in [0, 0.1) is 5.92 Å². The van der Waals surface area contributed by atoms with E-state index in [1.165, 1.54) is 0 Å². The minimum Gasteiger partial charge on any atom is -0.465 e. The van der Waals surface area contributed by atoms with Gasteiger partial charge in [0.2, 0.25) is 0 Å². The topological polar surface area (TPSA) is 96.2 Å². The van der Waals surface area contributed by atoms with Crippen LogP contribution >= 0.6 is 0 Å². The number of aryl methyl sites for hydroxylation is 1. The highest BCUT2D eigenvalue weighted by atomic mass is 19.4. The second-order valence-electron chi connectivity index (χ2n) is 5.95. The summed E-state index contributed by atoms with van der Waals surface area (Å²) in [6.45, 7) is 0.319. The fraction of sp³-hybridized carbons (Fsp3) is 0.571. The second-order valence-corrected chi connectivity index (χ2v) is 5.95. The van der Waals surface area contributed by atoms with Crippen molar-refractivity contribution in [3.63, 3.8) is 0 Å². The molecule has 0 spiro atoms. The molecule has 1 aliphatic rings. The Balaban J connectivity index is 1.88. The fourth-order valence-electron chi connectivity index (χ4n) is 2.91. The number of hydrogen-bond donors (Lipinski definition) is 2. The zero-order valence-corrected chi connectivity index (χ0v) is 13.4. The van der Waals surface area contributed by atoms with Crippen molar-refractivity contribution in [3.05, 3.63) is 12.2 Å². The number of alkyl halides is 3. The molecule has 8 nitrogen and oxygen atoms in total. The van der Waals surface area contributed by atoms with Crippen LogP contribution in [0.4, 0.5) is 23.8 Å². The van der Waals surface area contributed by atoms with Gasteiger partial charge in [-0.25, -0.2) is 19.7 Å². The van der Waals surface area contributed by atoms with Crippen molar-refractivity contribution in [3.8, 4) is 0 Å². The van der Waals surface area contributed by atoms with Crippen molar-refractivity contribution in [1.29, 1.82) is 0 Å². The first kappa shape index (κ1) is 17.2. The van der Waals surface area contributed by atoms with Crippen molar-refractivity contribution in [2.45, 2.75) is 25.6 Å². The lowest BCUT2D eigenvalue weighted by Gasteiger charge is -2.33. The second kappa shape index (κ2) is 6.37. The number of carboxylic acid groups (broad SMARTS) is 1. The average molecular weight is 358 g/mol. The van der Waals surface area contributed by atoms with E-state index in [1.807, 2.05) is 0 Å². The van der Waals surface area contributed by atoms with Gasteiger partial charge >= 0.3 is 12.3 Å². The third-order valence-corrected chi connectivity index (χ3v) is 4.24. The van der Waals surface area contributed by atoms with Gasteiger partial charge in [-0.05, 0) is 12.8 Å². The molecule has 0 aromatic carbocycles. The predicted molar refractivity (Wildman–Crippen MR) is 82.2 cm³/mol. The van der Waals surface area contributed by atoms with E-state index in [0.717, 1.165) is 0 Å². The van der Waals surface area contributed by atoms with E-state index in [0.29, 0.717) is 17.0 Å². The predicted octanol–water partition coefficient (Wildman–Crippen LogP) is 1.91. The van der Waals surface area contributed by atoms with E-state index in [1.54, 1.807) is 22.8 Å². The first-order valence-corrected chi connectivity index (χ1v) is 7.72. The molecule has 1 saturated heterocycles. The number of hydrogen-bond acceptors (Lipinski definition) is 5. The Morgan fingerprint density at radius 1 is 1.36 bits per heavy atom. The smallest absolute Gasteiger partial charge is 0.405 e. The van der Waals surface area contributed by atoms with Crippen molar-refractivity contribution in [1.82, 2.24) is 24.8 Å². The number of imidazole rings is 1. The summed E-state index contributed by atoms with van der Waals surface area (Å²) >= 11 is 0. The molecule has 0 bridgehead atoms. The molecule has 25 heavy (non-hydrogen) atoms. The summed E-state index contributed by atoms with van der Waals surface area (Å²) in [6, 6.07) is 0. The Morgan fingerprint density at radius 3 is 2.64 bits per heavy atom. The van der Waals surface area contributed by atoms with Crippen LogP contribution in [0.5, 0.6) is 0 Å². The number of rotatable bonds is 3. The van der Waals surface area contributed by atoms with Crippen LogP contribution in [0.1, 0.15) is 18.7 Å².